The lowest BCUT2D eigenvalue weighted by Gasteiger charge is -2.19. The lowest BCUT2D eigenvalue weighted by atomic mass is 9.98. The standard InChI is InChI=1S/C17H11ClO4/c18-12-3-1-2-10(5-12)4-11-8-20-14-7-16-15(21-9-22-16)6-13(14)17(11)19/h1-7H,8-9H2/b11-4+. The van der Waals surface area contributed by atoms with Crippen molar-refractivity contribution in [2.75, 3.05) is 13.4 Å². The van der Waals surface area contributed by atoms with Crippen LogP contribution in [-0.2, 0) is 0 Å². The van der Waals surface area contributed by atoms with Crippen molar-refractivity contribution in [3.05, 3.63) is 58.1 Å². The fourth-order valence-corrected chi connectivity index (χ4v) is 2.72. The van der Waals surface area contributed by atoms with E-state index in [2.05, 4.69) is 0 Å². The highest BCUT2D eigenvalue weighted by Crippen LogP contribution is 2.40. The van der Waals surface area contributed by atoms with Gasteiger partial charge in [0.1, 0.15) is 12.4 Å². The summed E-state index contributed by atoms with van der Waals surface area (Å²) in [4.78, 5) is 12.6. The molecule has 4 nitrogen and oxygen atoms in total. The van der Waals surface area contributed by atoms with Gasteiger partial charge in [0.15, 0.2) is 17.3 Å². The third-order valence-electron chi connectivity index (χ3n) is 3.58. The maximum atomic E-state index is 12.6. The highest BCUT2D eigenvalue weighted by atomic mass is 35.5. The van der Waals surface area contributed by atoms with E-state index in [0.29, 0.717) is 33.4 Å². The van der Waals surface area contributed by atoms with E-state index >= 15 is 0 Å². The van der Waals surface area contributed by atoms with Crippen molar-refractivity contribution in [3.8, 4) is 17.2 Å². The molecule has 2 aromatic rings. The molecule has 0 radical (unpaired) electrons. The Kier molecular flexibility index (Phi) is 3.05. The van der Waals surface area contributed by atoms with Crippen LogP contribution in [0.4, 0.5) is 0 Å². The van der Waals surface area contributed by atoms with Crippen molar-refractivity contribution >= 4 is 23.5 Å². The van der Waals surface area contributed by atoms with Crippen molar-refractivity contribution in [1.29, 1.82) is 0 Å². The van der Waals surface area contributed by atoms with E-state index < -0.39 is 0 Å². The Bertz CT molecular complexity index is 810. The molecule has 0 saturated heterocycles. The molecule has 0 N–H and O–H groups in total. The van der Waals surface area contributed by atoms with Crippen LogP contribution in [0, 0.1) is 0 Å². The first-order valence-electron chi connectivity index (χ1n) is 6.78. The molecule has 4 rings (SSSR count). The zero-order valence-electron chi connectivity index (χ0n) is 11.5. The fourth-order valence-electron chi connectivity index (χ4n) is 2.52. The number of hydrogen-bond acceptors (Lipinski definition) is 4. The molecule has 2 aliphatic heterocycles. The minimum Gasteiger partial charge on any atom is -0.488 e. The SMILES string of the molecule is O=C1/C(=C/c2cccc(Cl)c2)COc2cc3c(cc21)OCO3. The lowest BCUT2D eigenvalue weighted by molar-refractivity contribution is 0.100. The zero-order valence-corrected chi connectivity index (χ0v) is 12.2. The number of benzene rings is 2. The van der Waals surface area contributed by atoms with Gasteiger partial charge in [-0.2, -0.15) is 0 Å². The van der Waals surface area contributed by atoms with Gasteiger partial charge in [-0.25, -0.2) is 0 Å². The van der Waals surface area contributed by atoms with Gasteiger partial charge >= 0.3 is 0 Å². The lowest BCUT2D eigenvalue weighted by Crippen LogP contribution is -2.19. The van der Waals surface area contributed by atoms with E-state index in [1.54, 1.807) is 30.3 Å². The van der Waals surface area contributed by atoms with Crippen molar-refractivity contribution < 1.29 is 19.0 Å². The molecule has 2 aromatic carbocycles. The van der Waals surface area contributed by atoms with Crippen LogP contribution in [0.25, 0.3) is 6.08 Å². The highest BCUT2D eigenvalue weighted by molar-refractivity contribution is 6.30. The Balaban J connectivity index is 1.73. The van der Waals surface area contributed by atoms with Crippen LogP contribution in [0.15, 0.2) is 42.0 Å². The molecule has 0 aromatic heterocycles. The Morgan fingerprint density at radius 2 is 1.82 bits per heavy atom. The monoisotopic (exact) mass is 314 g/mol. The summed E-state index contributed by atoms with van der Waals surface area (Å²) in [5.41, 5.74) is 1.93. The van der Waals surface area contributed by atoms with E-state index in [0.717, 1.165) is 5.56 Å². The summed E-state index contributed by atoms with van der Waals surface area (Å²) in [7, 11) is 0. The molecule has 0 saturated carbocycles. The first kappa shape index (κ1) is 13.2. The summed E-state index contributed by atoms with van der Waals surface area (Å²) >= 11 is 5.97. The van der Waals surface area contributed by atoms with Crippen molar-refractivity contribution in [3.63, 3.8) is 0 Å². The van der Waals surface area contributed by atoms with Crippen LogP contribution in [0.3, 0.4) is 0 Å². The Labute approximate surface area is 131 Å². The zero-order chi connectivity index (χ0) is 15.1. The number of carbonyl (C=O) groups is 1. The molecule has 22 heavy (non-hydrogen) atoms. The van der Waals surface area contributed by atoms with Gasteiger partial charge in [0.2, 0.25) is 6.79 Å². The summed E-state index contributed by atoms with van der Waals surface area (Å²) in [5.74, 6) is 1.63. The first-order chi connectivity index (χ1) is 10.7. The normalized spacial score (nSPS) is 17.3. The molecule has 5 heteroatoms. The van der Waals surface area contributed by atoms with Crippen LogP contribution in [0.2, 0.25) is 5.02 Å². The molecule has 0 amide bonds. The van der Waals surface area contributed by atoms with Crippen LogP contribution in [0.5, 0.6) is 17.2 Å². The van der Waals surface area contributed by atoms with E-state index in [1.165, 1.54) is 0 Å². The smallest absolute Gasteiger partial charge is 0.231 e. The fraction of sp³-hybridized carbons (Fsp3) is 0.118. The van der Waals surface area contributed by atoms with Crippen molar-refractivity contribution in [2.45, 2.75) is 0 Å². The summed E-state index contributed by atoms with van der Waals surface area (Å²) in [5, 5.41) is 0.627. The molecule has 0 atom stereocenters. The second-order valence-electron chi connectivity index (χ2n) is 5.04. The summed E-state index contributed by atoms with van der Waals surface area (Å²) in [6.45, 7) is 0.385. The third kappa shape index (κ3) is 2.22. The number of carbonyl (C=O) groups excluding carboxylic acids is 1. The second kappa shape index (κ2) is 5.07. The topological polar surface area (TPSA) is 44.8 Å². The Hall–Kier alpha value is -2.46. The number of fused-ring (bicyclic) bond motifs is 2. The summed E-state index contributed by atoms with van der Waals surface area (Å²) < 4.78 is 16.3. The molecule has 0 spiro atoms. The molecule has 110 valence electrons. The van der Waals surface area contributed by atoms with Gasteiger partial charge < -0.3 is 14.2 Å². The van der Waals surface area contributed by atoms with Gasteiger partial charge in [-0.15, -0.1) is 0 Å². The molecule has 0 bridgehead atoms. The third-order valence-corrected chi connectivity index (χ3v) is 3.82. The van der Waals surface area contributed by atoms with Crippen LogP contribution < -0.4 is 14.2 Å². The average molecular weight is 315 g/mol. The molecule has 2 heterocycles. The molecule has 0 fully saturated rings. The predicted octanol–water partition coefficient (Wildman–Crippen LogP) is 3.73. The Morgan fingerprint density at radius 3 is 2.64 bits per heavy atom. The minimum atomic E-state index is -0.0699. The van der Waals surface area contributed by atoms with Gasteiger partial charge in [-0.3, -0.25) is 4.79 Å². The highest BCUT2D eigenvalue weighted by Gasteiger charge is 2.27. The van der Waals surface area contributed by atoms with Gasteiger partial charge in [0, 0.05) is 16.7 Å². The molecular weight excluding hydrogens is 304 g/mol. The number of halogens is 1. The number of ketones is 1. The molecular formula is C17H11ClO4. The van der Waals surface area contributed by atoms with Crippen LogP contribution in [0.1, 0.15) is 15.9 Å². The minimum absolute atomic E-state index is 0.0699. The number of hydrogen-bond donors (Lipinski definition) is 0. The molecule has 0 unspecified atom stereocenters. The van der Waals surface area contributed by atoms with E-state index in [9.17, 15) is 4.79 Å². The maximum absolute atomic E-state index is 12.6. The van der Waals surface area contributed by atoms with Crippen LogP contribution >= 0.6 is 11.6 Å². The maximum Gasteiger partial charge on any atom is 0.231 e. The number of Topliss-reactive ketones (excluding diaryl/α,β-unsaturated/α-hetero) is 1. The quantitative estimate of drug-likeness (QED) is 0.752. The van der Waals surface area contributed by atoms with Crippen LogP contribution in [-0.4, -0.2) is 19.2 Å². The first-order valence-corrected chi connectivity index (χ1v) is 7.16. The average Bonchev–Trinajstić information content (AvgIpc) is 2.96. The van der Waals surface area contributed by atoms with Crippen molar-refractivity contribution in [1.82, 2.24) is 0 Å². The molecule has 0 aliphatic carbocycles. The molecule has 2 aliphatic rings. The van der Waals surface area contributed by atoms with E-state index in [4.69, 9.17) is 25.8 Å². The summed E-state index contributed by atoms with van der Waals surface area (Å²) in [6.07, 6.45) is 1.79. The Morgan fingerprint density at radius 1 is 1.00 bits per heavy atom. The number of ether oxygens (including phenoxy) is 3. The number of rotatable bonds is 1. The largest absolute Gasteiger partial charge is 0.488 e. The van der Waals surface area contributed by atoms with Gasteiger partial charge in [-0.05, 0) is 29.8 Å². The van der Waals surface area contributed by atoms with Gasteiger partial charge in [-0.1, -0.05) is 23.7 Å². The van der Waals surface area contributed by atoms with Gasteiger partial charge in [0.25, 0.3) is 0 Å². The van der Waals surface area contributed by atoms with E-state index in [1.807, 2.05) is 12.1 Å². The predicted molar refractivity (Wildman–Crippen MR) is 81.8 cm³/mol. The van der Waals surface area contributed by atoms with E-state index in [-0.39, 0.29) is 19.2 Å². The van der Waals surface area contributed by atoms with Gasteiger partial charge in [0.05, 0.1) is 5.56 Å². The second-order valence-corrected chi connectivity index (χ2v) is 5.48. The summed E-state index contributed by atoms with van der Waals surface area (Å²) in [6, 6.07) is 10.7. The van der Waals surface area contributed by atoms with Crippen molar-refractivity contribution in [2.24, 2.45) is 0 Å².